The molecule has 3 aromatic rings. The molecule has 0 fully saturated rings. The first-order chi connectivity index (χ1) is 8.72. The Morgan fingerprint density at radius 1 is 0.889 bits per heavy atom. The van der Waals surface area contributed by atoms with Crippen LogP contribution in [0.2, 0.25) is 0 Å². The molecule has 0 unspecified atom stereocenters. The van der Waals surface area contributed by atoms with Crippen molar-refractivity contribution in [3.63, 3.8) is 0 Å². The average molecular weight is 298 g/mol. The Bertz CT molecular complexity index is 702. The van der Waals surface area contributed by atoms with Gasteiger partial charge in [-0.05, 0) is 36.8 Å². The highest BCUT2D eigenvalue weighted by Gasteiger charge is 2.01. The van der Waals surface area contributed by atoms with E-state index in [4.69, 9.17) is 0 Å². The molecule has 18 heavy (non-hydrogen) atoms. The van der Waals surface area contributed by atoms with Crippen molar-refractivity contribution >= 4 is 26.8 Å². The number of pyridine rings is 1. The molecule has 0 bridgehead atoms. The van der Waals surface area contributed by atoms with Crippen molar-refractivity contribution in [2.75, 3.05) is 0 Å². The molecule has 3 rings (SSSR count). The summed E-state index contributed by atoms with van der Waals surface area (Å²) in [6.45, 7) is 2.10. The molecule has 0 N–H and O–H groups in total. The quantitative estimate of drug-likeness (QED) is 0.618. The van der Waals surface area contributed by atoms with E-state index >= 15 is 0 Å². The number of benzene rings is 2. The third kappa shape index (κ3) is 2.16. The number of rotatable bonds is 1. The standard InChI is InChI=1S/C16H12BrN/c1-11-2-4-12(5-3-11)14-8-13-9-15(17)6-7-16(13)18-10-14/h2-10H,1H3. The zero-order valence-corrected chi connectivity index (χ0v) is 11.6. The van der Waals surface area contributed by atoms with Crippen LogP contribution in [0.25, 0.3) is 22.0 Å². The number of aryl methyl sites for hydroxylation is 1. The highest BCUT2D eigenvalue weighted by molar-refractivity contribution is 9.10. The lowest BCUT2D eigenvalue weighted by Gasteiger charge is -2.04. The first-order valence-corrected chi connectivity index (χ1v) is 6.64. The number of aromatic nitrogens is 1. The van der Waals surface area contributed by atoms with Crippen LogP contribution < -0.4 is 0 Å². The molecule has 0 atom stereocenters. The van der Waals surface area contributed by atoms with Crippen LogP contribution in [0.15, 0.2) is 59.2 Å². The summed E-state index contributed by atoms with van der Waals surface area (Å²) in [5.74, 6) is 0. The highest BCUT2D eigenvalue weighted by atomic mass is 79.9. The highest BCUT2D eigenvalue weighted by Crippen LogP contribution is 2.25. The van der Waals surface area contributed by atoms with E-state index in [0.29, 0.717) is 0 Å². The van der Waals surface area contributed by atoms with E-state index in [1.54, 1.807) is 0 Å². The lowest BCUT2D eigenvalue weighted by atomic mass is 10.0. The van der Waals surface area contributed by atoms with Gasteiger partial charge in [0.05, 0.1) is 5.52 Å². The van der Waals surface area contributed by atoms with Gasteiger partial charge in [0.1, 0.15) is 0 Å². The van der Waals surface area contributed by atoms with Crippen LogP contribution in [0.4, 0.5) is 0 Å². The minimum absolute atomic E-state index is 1.02. The molecule has 0 amide bonds. The third-order valence-electron chi connectivity index (χ3n) is 3.03. The van der Waals surface area contributed by atoms with Gasteiger partial charge in [0.2, 0.25) is 0 Å². The zero-order chi connectivity index (χ0) is 12.5. The fraction of sp³-hybridized carbons (Fsp3) is 0.0625. The summed E-state index contributed by atoms with van der Waals surface area (Å²) < 4.78 is 1.08. The number of hydrogen-bond donors (Lipinski definition) is 0. The summed E-state index contributed by atoms with van der Waals surface area (Å²) in [4.78, 5) is 4.50. The SMILES string of the molecule is Cc1ccc(-c2cnc3ccc(Br)cc3c2)cc1. The Morgan fingerprint density at radius 2 is 1.67 bits per heavy atom. The number of fused-ring (bicyclic) bond motifs is 1. The van der Waals surface area contributed by atoms with E-state index in [1.165, 1.54) is 11.1 Å². The third-order valence-corrected chi connectivity index (χ3v) is 3.52. The van der Waals surface area contributed by atoms with Crippen LogP contribution in [0.1, 0.15) is 5.56 Å². The second-order valence-electron chi connectivity index (χ2n) is 4.43. The van der Waals surface area contributed by atoms with Gasteiger partial charge in [-0.25, -0.2) is 0 Å². The summed E-state index contributed by atoms with van der Waals surface area (Å²) in [6.07, 6.45) is 1.93. The largest absolute Gasteiger partial charge is 0.256 e. The van der Waals surface area contributed by atoms with Gasteiger partial charge in [0, 0.05) is 21.6 Å². The predicted molar refractivity (Wildman–Crippen MR) is 79.6 cm³/mol. The Morgan fingerprint density at radius 3 is 2.44 bits per heavy atom. The van der Waals surface area contributed by atoms with Gasteiger partial charge in [0.25, 0.3) is 0 Å². The lowest BCUT2D eigenvalue weighted by molar-refractivity contribution is 1.40. The van der Waals surface area contributed by atoms with E-state index in [0.717, 1.165) is 20.9 Å². The Kier molecular flexibility index (Phi) is 2.88. The number of hydrogen-bond acceptors (Lipinski definition) is 1. The molecule has 0 aliphatic rings. The number of halogens is 1. The molecule has 1 heterocycles. The molecule has 0 aliphatic heterocycles. The molecule has 0 saturated carbocycles. The van der Waals surface area contributed by atoms with E-state index in [2.05, 4.69) is 64.2 Å². The first kappa shape index (κ1) is 11.4. The zero-order valence-electron chi connectivity index (χ0n) is 10.0. The second-order valence-corrected chi connectivity index (χ2v) is 5.34. The van der Waals surface area contributed by atoms with Crippen molar-refractivity contribution in [1.29, 1.82) is 0 Å². The van der Waals surface area contributed by atoms with Gasteiger partial charge >= 0.3 is 0 Å². The minimum Gasteiger partial charge on any atom is -0.256 e. The molecule has 2 heteroatoms. The second kappa shape index (κ2) is 4.54. The van der Waals surface area contributed by atoms with Gasteiger partial charge in [-0.2, -0.15) is 0 Å². The molecule has 2 aromatic carbocycles. The Balaban J connectivity index is 2.15. The van der Waals surface area contributed by atoms with Crippen molar-refractivity contribution in [3.05, 3.63) is 64.8 Å². The summed E-state index contributed by atoms with van der Waals surface area (Å²) in [7, 11) is 0. The maximum atomic E-state index is 4.50. The molecule has 0 radical (unpaired) electrons. The topological polar surface area (TPSA) is 12.9 Å². The summed E-state index contributed by atoms with van der Waals surface area (Å²) in [6, 6.07) is 16.8. The van der Waals surface area contributed by atoms with Gasteiger partial charge in [-0.1, -0.05) is 45.8 Å². The molecule has 0 spiro atoms. The summed E-state index contributed by atoms with van der Waals surface area (Å²) in [5, 5.41) is 1.16. The van der Waals surface area contributed by atoms with Gasteiger partial charge in [0.15, 0.2) is 0 Å². The van der Waals surface area contributed by atoms with Crippen molar-refractivity contribution in [2.24, 2.45) is 0 Å². The molecule has 1 nitrogen and oxygen atoms in total. The maximum Gasteiger partial charge on any atom is 0.0703 e. The monoisotopic (exact) mass is 297 g/mol. The van der Waals surface area contributed by atoms with Crippen molar-refractivity contribution < 1.29 is 0 Å². The van der Waals surface area contributed by atoms with Crippen LogP contribution >= 0.6 is 15.9 Å². The van der Waals surface area contributed by atoms with Crippen LogP contribution in [0.5, 0.6) is 0 Å². The predicted octanol–water partition coefficient (Wildman–Crippen LogP) is 4.97. The molecule has 0 aliphatic carbocycles. The fourth-order valence-corrected chi connectivity index (χ4v) is 2.39. The maximum absolute atomic E-state index is 4.50. The molecule has 1 aromatic heterocycles. The smallest absolute Gasteiger partial charge is 0.0703 e. The van der Waals surface area contributed by atoms with Crippen LogP contribution in [0.3, 0.4) is 0 Å². The summed E-state index contributed by atoms with van der Waals surface area (Å²) >= 11 is 3.49. The molecular weight excluding hydrogens is 286 g/mol. The van der Waals surface area contributed by atoms with E-state index < -0.39 is 0 Å². The fourth-order valence-electron chi connectivity index (χ4n) is 2.01. The van der Waals surface area contributed by atoms with Crippen molar-refractivity contribution in [2.45, 2.75) is 6.92 Å². The normalized spacial score (nSPS) is 10.8. The Labute approximate surface area is 115 Å². The molecule has 88 valence electrons. The Hall–Kier alpha value is -1.67. The molecular formula is C16H12BrN. The van der Waals surface area contributed by atoms with Crippen LogP contribution in [0, 0.1) is 6.92 Å². The van der Waals surface area contributed by atoms with Gasteiger partial charge < -0.3 is 0 Å². The average Bonchev–Trinajstić information content (AvgIpc) is 2.38. The minimum atomic E-state index is 1.02. The first-order valence-electron chi connectivity index (χ1n) is 5.85. The summed E-state index contributed by atoms with van der Waals surface area (Å²) in [5.41, 5.74) is 4.65. The van der Waals surface area contributed by atoms with Gasteiger partial charge in [-0.3, -0.25) is 4.98 Å². The lowest BCUT2D eigenvalue weighted by Crippen LogP contribution is -1.83. The van der Waals surface area contributed by atoms with Crippen molar-refractivity contribution in [1.82, 2.24) is 4.98 Å². The number of nitrogens with zero attached hydrogens (tertiary/aromatic N) is 1. The molecule has 0 saturated heterocycles. The van der Waals surface area contributed by atoms with Gasteiger partial charge in [-0.15, -0.1) is 0 Å². The van der Waals surface area contributed by atoms with Crippen LogP contribution in [-0.2, 0) is 0 Å². The van der Waals surface area contributed by atoms with E-state index in [-0.39, 0.29) is 0 Å². The van der Waals surface area contributed by atoms with E-state index in [9.17, 15) is 0 Å². The van der Waals surface area contributed by atoms with E-state index in [1.807, 2.05) is 18.3 Å². The van der Waals surface area contributed by atoms with Crippen molar-refractivity contribution in [3.8, 4) is 11.1 Å². The van der Waals surface area contributed by atoms with Crippen LogP contribution in [-0.4, -0.2) is 4.98 Å².